The van der Waals surface area contributed by atoms with Crippen molar-refractivity contribution in [2.45, 2.75) is 46.0 Å². The number of hydrogen-bond donors (Lipinski definition) is 1. The van der Waals surface area contributed by atoms with E-state index in [-0.39, 0.29) is 0 Å². The zero-order valence-corrected chi connectivity index (χ0v) is 11.6. The molecule has 0 aromatic carbocycles. The summed E-state index contributed by atoms with van der Waals surface area (Å²) in [5, 5.41) is 7.76. The molecule has 0 saturated heterocycles. The third kappa shape index (κ3) is 5.35. The van der Waals surface area contributed by atoms with Gasteiger partial charge in [0, 0.05) is 18.9 Å². The molecule has 1 heterocycles. The summed E-state index contributed by atoms with van der Waals surface area (Å²) in [6, 6.07) is 2.13. The normalized spacial score (nSPS) is 12.9. The summed E-state index contributed by atoms with van der Waals surface area (Å²) in [6.07, 6.45) is 8.14. The fourth-order valence-electron chi connectivity index (χ4n) is 2.24. The first-order chi connectivity index (χ1) is 8.27. The standard InChI is InChI=1S/C14H27N3/c1-4-6-13(12-15-10-5-2)7-8-14-9-11-16-17(14)3/h9,11,13,15H,4-8,10,12H2,1-3H3. The molecule has 0 saturated carbocycles. The van der Waals surface area contributed by atoms with Gasteiger partial charge in [-0.15, -0.1) is 0 Å². The predicted octanol–water partition coefficient (Wildman–Crippen LogP) is 2.77. The molecule has 0 radical (unpaired) electrons. The monoisotopic (exact) mass is 237 g/mol. The Bertz CT molecular complexity index is 293. The van der Waals surface area contributed by atoms with E-state index in [1.807, 2.05) is 17.9 Å². The maximum absolute atomic E-state index is 4.22. The van der Waals surface area contributed by atoms with Crippen LogP contribution in [0.5, 0.6) is 0 Å². The molecule has 0 aliphatic heterocycles. The van der Waals surface area contributed by atoms with Crippen molar-refractivity contribution in [3.63, 3.8) is 0 Å². The van der Waals surface area contributed by atoms with Crippen molar-refractivity contribution in [1.82, 2.24) is 15.1 Å². The van der Waals surface area contributed by atoms with Gasteiger partial charge >= 0.3 is 0 Å². The molecule has 1 aromatic rings. The van der Waals surface area contributed by atoms with E-state index in [1.54, 1.807) is 0 Å². The summed E-state index contributed by atoms with van der Waals surface area (Å²) in [4.78, 5) is 0. The van der Waals surface area contributed by atoms with Gasteiger partial charge in [0.2, 0.25) is 0 Å². The summed E-state index contributed by atoms with van der Waals surface area (Å²) in [6.45, 7) is 6.81. The number of rotatable bonds is 9. The minimum Gasteiger partial charge on any atom is -0.316 e. The van der Waals surface area contributed by atoms with Gasteiger partial charge in [-0.1, -0.05) is 20.3 Å². The van der Waals surface area contributed by atoms with Gasteiger partial charge < -0.3 is 5.32 Å². The minimum atomic E-state index is 0.807. The van der Waals surface area contributed by atoms with E-state index < -0.39 is 0 Å². The lowest BCUT2D eigenvalue weighted by Crippen LogP contribution is -2.24. The fourth-order valence-corrected chi connectivity index (χ4v) is 2.24. The quantitative estimate of drug-likeness (QED) is 0.669. The van der Waals surface area contributed by atoms with Gasteiger partial charge in [0.1, 0.15) is 0 Å². The van der Waals surface area contributed by atoms with Crippen LogP contribution in [0.4, 0.5) is 0 Å². The average Bonchev–Trinajstić information content (AvgIpc) is 2.72. The third-order valence-electron chi connectivity index (χ3n) is 3.29. The summed E-state index contributed by atoms with van der Waals surface area (Å²) >= 11 is 0. The van der Waals surface area contributed by atoms with Crippen molar-refractivity contribution in [2.24, 2.45) is 13.0 Å². The number of aromatic nitrogens is 2. The highest BCUT2D eigenvalue weighted by molar-refractivity contribution is 5.00. The average molecular weight is 237 g/mol. The maximum atomic E-state index is 4.22. The van der Waals surface area contributed by atoms with Crippen LogP contribution >= 0.6 is 0 Å². The van der Waals surface area contributed by atoms with Gasteiger partial charge in [-0.2, -0.15) is 5.10 Å². The first-order valence-electron chi connectivity index (χ1n) is 6.95. The Morgan fingerprint density at radius 3 is 2.71 bits per heavy atom. The van der Waals surface area contributed by atoms with E-state index >= 15 is 0 Å². The lowest BCUT2D eigenvalue weighted by Gasteiger charge is -2.16. The Morgan fingerprint density at radius 1 is 1.29 bits per heavy atom. The van der Waals surface area contributed by atoms with Crippen molar-refractivity contribution in [3.05, 3.63) is 18.0 Å². The fraction of sp³-hybridized carbons (Fsp3) is 0.786. The van der Waals surface area contributed by atoms with Crippen molar-refractivity contribution < 1.29 is 0 Å². The van der Waals surface area contributed by atoms with Gasteiger partial charge in [0.25, 0.3) is 0 Å². The van der Waals surface area contributed by atoms with Crippen LogP contribution in [0.2, 0.25) is 0 Å². The maximum Gasteiger partial charge on any atom is 0.0492 e. The van der Waals surface area contributed by atoms with Crippen LogP contribution in [0.3, 0.4) is 0 Å². The Morgan fingerprint density at radius 2 is 2.12 bits per heavy atom. The smallest absolute Gasteiger partial charge is 0.0492 e. The van der Waals surface area contributed by atoms with Crippen LogP contribution in [-0.4, -0.2) is 22.9 Å². The summed E-state index contributed by atoms with van der Waals surface area (Å²) in [5.74, 6) is 0.807. The summed E-state index contributed by atoms with van der Waals surface area (Å²) in [5.41, 5.74) is 1.35. The number of hydrogen-bond acceptors (Lipinski definition) is 2. The van der Waals surface area contributed by atoms with Gasteiger partial charge in [0.05, 0.1) is 0 Å². The molecule has 17 heavy (non-hydrogen) atoms. The highest BCUT2D eigenvalue weighted by Gasteiger charge is 2.08. The Labute approximate surface area is 106 Å². The molecule has 0 aliphatic carbocycles. The van der Waals surface area contributed by atoms with E-state index in [4.69, 9.17) is 0 Å². The molecule has 0 aliphatic rings. The molecule has 3 nitrogen and oxygen atoms in total. The molecule has 3 heteroatoms. The Kier molecular flexibility index (Phi) is 6.94. The van der Waals surface area contributed by atoms with Crippen LogP contribution in [0.1, 0.15) is 45.2 Å². The lowest BCUT2D eigenvalue weighted by molar-refractivity contribution is 0.410. The SMILES string of the molecule is CCCNCC(CCC)CCc1ccnn1C. The molecule has 1 unspecified atom stereocenters. The zero-order chi connectivity index (χ0) is 12.5. The van der Waals surface area contributed by atoms with E-state index in [2.05, 4.69) is 30.3 Å². The van der Waals surface area contributed by atoms with E-state index in [1.165, 1.54) is 37.9 Å². The predicted molar refractivity (Wildman–Crippen MR) is 73.1 cm³/mol. The molecule has 1 N–H and O–H groups in total. The van der Waals surface area contributed by atoms with Crippen LogP contribution in [0.25, 0.3) is 0 Å². The van der Waals surface area contributed by atoms with Crippen LogP contribution in [0, 0.1) is 5.92 Å². The Hall–Kier alpha value is -0.830. The first kappa shape index (κ1) is 14.2. The van der Waals surface area contributed by atoms with E-state index in [9.17, 15) is 0 Å². The minimum absolute atomic E-state index is 0.807. The zero-order valence-electron chi connectivity index (χ0n) is 11.6. The van der Waals surface area contributed by atoms with Crippen molar-refractivity contribution in [3.8, 4) is 0 Å². The van der Waals surface area contributed by atoms with Crippen molar-refractivity contribution >= 4 is 0 Å². The molecule has 1 rings (SSSR count). The Balaban J connectivity index is 2.30. The number of nitrogens with one attached hydrogen (secondary N) is 1. The second-order valence-electron chi connectivity index (χ2n) is 4.84. The molecular weight excluding hydrogens is 210 g/mol. The first-order valence-corrected chi connectivity index (χ1v) is 6.95. The molecule has 1 atom stereocenters. The van der Waals surface area contributed by atoms with Crippen LogP contribution < -0.4 is 5.32 Å². The molecule has 98 valence electrons. The topological polar surface area (TPSA) is 29.9 Å². The summed E-state index contributed by atoms with van der Waals surface area (Å²) < 4.78 is 1.99. The number of nitrogens with zero attached hydrogens (tertiary/aromatic N) is 2. The van der Waals surface area contributed by atoms with E-state index in [0.29, 0.717) is 0 Å². The summed E-state index contributed by atoms with van der Waals surface area (Å²) in [7, 11) is 2.03. The third-order valence-corrected chi connectivity index (χ3v) is 3.29. The van der Waals surface area contributed by atoms with Gasteiger partial charge in [-0.05, 0) is 50.8 Å². The largest absolute Gasteiger partial charge is 0.316 e. The number of aryl methyl sites for hydroxylation is 2. The van der Waals surface area contributed by atoms with Crippen LogP contribution in [0.15, 0.2) is 12.3 Å². The van der Waals surface area contributed by atoms with Gasteiger partial charge in [0.15, 0.2) is 0 Å². The van der Waals surface area contributed by atoms with E-state index in [0.717, 1.165) is 18.9 Å². The second-order valence-corrected chi connectivity index (χ2v) is 4.84. The molecule has 0 bridgehead atoms. The lowest BCUT2D eigenvalue weighted by atomic mass is 9.97. The molecular formula is C14H27N3. The van der Waals surface area contributed by atoms with Gasteiger partial charge in [-0.25, -0.2) is 0 Å². The molecule has 0 fully saturated rings. The molecule has 1 aromatic heterocycles. The molecule has 0 amide bonds. The van der Waals surface area contributed by atoms with Crippen LogP contribution in [-0.2, 0) is 13.5 Å². The second kappa shape index (κ2) is 8.29. The highest BCUT2D eigenvalue weighted by atomic mass is 15.2. The van der Waals surface area contributed by atoms with Gasteiger partial charge in [-0.3, -0.25) is 4.68 Å². The van der Waals surface area contributed by atoms with Crippen molar-refractivity contribution in [1.29, 1.82) is 0 Å². The highest BCUT2D eigenvalue weighted by Crippen LogP contribution is 2.14. The van der Waals surface area contributed by atoms with Crippen molar-refractivity contribution in [2.75, 3.05) is 13.1 Å². The molecule has 0 spiro atoms.